The molecule has 0 aliphatic carbocycles. The number of ether oxygens (including phenoxy) is 1. The molecule has 0 amide bonds. The Balaban J connectivity index is 1.87. The van der Waals surface area contributed by atoms with Gasteiger partial charge in [0.2, 0.25) is 0 Å². The summed E-state index contributed by atoms with van der Waals surface area (Å²) >= 11 is 0. The summed E-state index contributed by atoms with van der Waals surface area (Å²) in [6.07, 6.45) is 6.20. The van der Waals surface area contributed by atoms with Crippen LogP contribution in [0.4, 0.5) is 5.82 Å². The third-order valence-corrected chi connectivity index (χ3v) is 4.10. The lowest BCUT2D eigenvalue weighted by molar-refractivity contribution is 0.0685. The largest absolute Gasteiger partial charge is 0.381 e. The first-order valence-electron chi connectivity index (χ1n) is 7.68. The molecule has 4 heteroatoms. The molecule has 0 aromatic carbocycles. The fourth-order valence-electron chi connectivity index (χ4n) is 2.62. The summed E-state index contributed by atoms with van der Waals surface area (Å²) in [7, 11) is 2.12. The summed E-state index contributed by atoms with van der Waals surface area (Å²) in [5.74, 6) is 1.77. The van der Waals surface area contributed by atoms with Crippen molar-refractivity contribution in [2.75, 3.05) is 31.7 Å². The Kier molecular flexibility index (Phi) is 5.80. The summed E-state index contributed by atoms with van der Waals surface area (Å²) in [5, 5.41) is 0. The van der Waals surface area contributed by atoms with Crippen molar-refractivity contribution >= 4 is 5.82 Å². The second kappa shape index (κ2) is 7.60. The van der Waals surface area contributed by atoms with Crippen LogP contribution in [0.5, 0.6) is 0 Å². The summed E-state index contributed by atoms with van der Waals surface area (Å²) < 4.78 is 5.40. The van der Waals surface area contributed by atoms with Gasteiger partial charge in [0.25, 0.3) is 0 Å². The fraction of sp³-hybridized carbons (Fsp3) is 0.688. The van der Waals surface area contributed by atoms with Crippen molar-refractivity contribution in [2.45, 2.75) is 38.6 Å². The van der Waals surface area contributed by atoms with E-state index in [0.29, 0.717) is 0 Å². The zero-order chi connectivity index (χ0) is 14.4. The maximum Gasteiger partial charge on any atom is 0.128 e. The number of aromatic nitrogens is 1. The van der Waals surface area contributed by atoms with E-state index in [1.54, 1.807) is 0 Å². The highest BCUT2D eigenvalue weighted by Gasteiger charge is 2.16. The predicted octanol–water partition coefficient (Wildman–Crippen LogP) is 2.22. The first-order chi connectivity index (χ1) is 9.69. The quantitative estimate of drug-likeness (QED) is 0.866. The summed E-state index contributed by atoms with van der Waals surface area (Å²) in [5.41, 5.74) is 7.20. The van der Waals surface area contributed by atoms with E-state index in [1.807, 2.05) is 6.20 Å². The van der Waals surface area contributed by atoms with Crippen molar-refractivity contribution in [1.29, 1.82) is 0 Å². The van der Waals surface area contributed by atoms with E-state index in [9.17, 15) is 0 Å². The molecule has 2 N–H and O–H groups in total. The lowest BCUT2D eigenvalue weighted by atomic mass is 10.00. The topological polar surface area (TPSA) is 51.4 Å². The van der Waals surface area contributed by atoms with Crippen molar-refractivity contribution in [1.82, 2.24) is 4.98 Å². The average Bonchev–Trinajstić information content (AvgIpc) is 2.49. The van der Waals surface area contributed by atoms with Crippen molar-refractivity contribution in [3.8, 4) is 0 Å². The Morgan fingerprint density at radius 3 is 2.75 bits per heavy atom. The normalized spacial score (nSPS) is 17.9. The molecular formula is C16H27N3O. The number of rotatable bonds is 6. The van der Waals surface area contributed by atoms with E-state index in [2.05, 4.69) is 36.0 Å². The first kappa shape index (κ1) is 15.3. The molecule has 1 aromatic heterocycles. The highest BCUT2D eigenvalue weighted by atomic mass is 16.5. The zero-order valence-electron chi connectivity index (χ0n) is 12.7. The minimum atomic E-state index is 0.239. The first-order valence-corrected chi connectivity index (χ1v) is 7.68. The predicted molar refractivity (Wildman–Crippen MR) is 83.0 cm³/mol. The Bertz CT molecular complexity index is 387. The maximum atomic E-state index is 5.98. The second-order valence-electron chi connectivity index (χ2n) is 5.83. The van der Waals surface area contributed by atoms with Gasteiger partial charge in [-0.1, -0.05) is 13.0 Å². The van der Waals surface area contributed by atoms with E-state index >= 15 is 0 Å². The molecule has 1 aromatic rings. The third kappa shape index (κ3) is 4.46. The van der Waals surface area contributed by atoms with Gasteiger partial charge in [0.05, 0.1) is 0 Å². The molecule has 1 atom stereocenters. The van der Waals surface area contributed by atoms with Gasteiger partial charge in [0.1, 0.15) is 5.82 Å². The smallest absolute Gasteiger partial charge is 0.128 e. The highest BCUT2D eigenvalue weighted by molar-refractivity contribution is 5.38. The molecule has 1 aliphatic heterocycles. The SMILES string of the molecule is CCC(N)Cc1ccc(N(C)CC2CCOCC2)nc1. The number of hydrogen-bond acceptors (Lipinski definition) is 4. The summed E-state index contributed by atoms with van der Waals surface area (Å²) in [6, 6.07) is 4.50. The van der Waals surface area contributed by atoms with Crippen LogP contribution in [-0.2, 0) is 11.2 Å². The summed E-state index contributed by atoms with van der Waals surface area (Å²) in [6.45, 7) is 4.98. The average molecular weight is 277 g/mol. The number of anilines is 1. The monoisotopic (exact) mass is 277 g/mol. The molecule has 1 fully saturated rings. The highest BCUT2D eigenvalue weighted by Crippen LogP contribution is 2.19. The van der Waals surface area contributed by atoms with Crippen LogP contribution in [0.25, 0.3) is 0 Å². The Morgan fingerprint density at radius 1 is 1.40 bits per heavy atom. The van der Waals surface area contributed by atoms with Gasteiger partial charge in [0, 0.05) is 39.0 Å². The lowest BCUT2D eigenvalue weighted by Gasteiger charge is -2.27. The molecule has 2 rings (SSSR count). The van der Waals surface area contributed by atoms with Crippen LogP contribution in [-0.4, -0.2) is 37.8 Å². The van der Waals surface area contributed by atoms with Gasteiger partial charge in [-0.15, -0.1) is 0 Å². The zero-order valence-corrected chi connectivity index (χ0v) is 12.7. The van der Waals surface area contributed by atoms with Crippen LogP contribution in [0.3, 0.4) is 0 Å². The Hall–Kier alpha value is -1.13. The molecule has 20 heavy (non-hydrogen) atoms. The molecular weight excluding hydrogens is 250 g/mol. The maximum absolute atomic E-state index is 5.98. The molecule has 0 saturated carbocycles. The molecule has 112 valence electrons. The lowest BCUT2D eigenvalue weighted by Crippen LogP contribution is -2.30. The van der Waals surface area contributed by atoms with Crippen molar-refractivity contribution in [3.63, 3.8) is 0 Å². The van der Waals surface area contributed by atoms with Crippen molar-refractivity contribution in [2.24, 2.45) is 11.7 Å². The minimum Gasteiger partial charge on any atom is -0.381 e. The van der Waals surface area contributed by atoms with Gasteiger partial charge in [0.15, 0.2) is 0 Å². The Labute approximate surface area is 122 Å². The van der Waals surface area contributed by atoms with E-state index in [1.165, 1.54) is 5.56 Å². The van der Waals surface area contributed by atoms with Crippen molar-refractivity contribution in [3.05, 3.63) is 23.9 Å². The van der Waals surface area contributed by atoms with E-state index < -0.39 is 0 Å². The van der Waals surface area contributed by atoms with Gasteiger partial charge >= 0.3 is 0 Å². The molecule has 0 radical (unpaired) electrons. The minimum absolute atomic E-state index is 0.239. The molecule has 1 saturated heterocycles. The van der Waals surface area contributed by atoms with Gasteiger partial charge in [-0.05, 0) is 43.2 Å². The number of hydrogen-bond donors (Lipinski definition) is 1. The molecule has 2 heterocycles. The third-order valence-electron chi connectivity index (χ3n) is 4.10. The molecule has 0 bridgehead atoms. The van der Waals surface area contributed by atoms with E-state index in [0.717, 1.165) is 57.2 Å². The molecule has 0 spiro atoms. The van der Waals surface area contributed by atoms with Crippen LogP contribution in [0.1, 0.15) is 31.7 Å². The standard InChI is InChI=1S/C16H27N3O/c1-3-15(17)10-14-4-5-16(18-11-14)19(2)12-13-6-8-20-9-7-13/h4-5,11,13,15H,3,6-10,12,17H2,1-2H3. The van der Waals surface area contributed by atoms with Crippen LogP contribution in [0.2, 0.25) is 0 Å². The van der Waals surface area contributed by atoms with Gasteiger partial charge < -0.3 is 15.4 Å². The number of pyridine rings is 1. The number of nitrogens with zero attached hydrogens (tertiary/aromatic N) is 2. The van der Waals surface area contributed by atoms with E-state index in [-0.39, 0.29) is 6.04 Å². The van der Waals surface area contributed by atoms with Crippen LogP contribution in [0.15, 0.2) is 18.3 Å². The van der Waals surface area contributed by atoms with Crippen LogP contribution in [0, 0.1) is 5.92 Å². The summed E-state index contributed by atoms with van der Waals surface area (Å²) in [4.78, 5) is 6.82. The van der Waals surface area contributed by atoms with Gasteiger partial charge in [-0.2, -0.15) is 0 Å². The molecule has 1 aliphatic rings. The van der Waals surface area contributed by atoms with Crippen LogP contribution >= 0.6 is 0 Å². The van der Waals surface area contributed by atoms with Crippen molar-refractivity contribution < 1.29 is 4.74 Å². The fourth-order valence-corrected chi connectivity index (χ4v) is 2.62. The second-order valence-corrected chi connectivity index (χ2v) is 5.83. The Morgan fingerprint density at radius 2 is 2.15 bits per heavy atom. The molecule has 1 unspecified atom stereocenters. The van der Waals surface area contributed by atoms with Crippen LogP contribution < -0.4 is 10.6 Å². The number of nitrogens with two attached hydrogens (primary N) is 1. The van der Waals surface area contributed by atoms with Gasteiger partial charge in [-0.3, -0.25) is 0 Å². The van der Waals surface area contributed by atoms with Gasteiger partial charge in [-0.25, -0.2) is 4.98 Å². The van der Waals surface area contributed by atoms with E-state index in [4.69, 9.17) is 10.5 Å². The molecule has 4 nitrogen and oxygen atoms in total.